The van der Waals surface area contributed by atoms with E-state index in [1.165, 1.54) is 0 Å². The maximum Gasteiger partial charge on any atom is 0.152 e. The Balaban J connectivity index is 1.71. The Morgan fingerprint density at radius 1 is 1.35 bits per heavy atom. The van der Waals surface area contributed by atoms with E-state index < -0.39 is 0 Å². The summed E-state index contributed by atoms with van der Waals surface area (Å²) in [5.41, 5.74) is 1.98. The lowest BCUT2D eigenvalue weighted by molar-refractivity contribution is 0.430. The van der Waals surface area contributed by atoms with Crippen LogP contribution in [0.25, 0.3) is 11.5 Å². The fourth-order valence-corrected chi connectivity index (χ4v) is 2.13. The molecule has 0 aliphatic carbocycles. The SMILES string of the molecule is Cc1ccc(-c2[nH]ncc2CN[C@@H](C)c2ccco2)o1. The molecule has 0 saturated carbocycles. The Hall–Kier alpha value is -2.27. The highest BCUT2D eigenvalue weighted by atomic mass is 16.3. The molecule has 0 fully saturated rings. The van der Waals surface area contributed by atoms with Crippen LogP contribution in [-0.4, -0.2) is 10.2 Å². The molecule has 1 atom stereocenters. The third-order valence-electron chi connectivity index (χ3n) is 3.27. The number of hydrogen-bond donors (Lipinski definition) is 2. The average Bonchev–Trinajstić information content (AvgIpc) is 3.16. The van der Waals surface area contributed by atoms with E-state index in [-0.39, 0.29) is 6.04 Å². The molecule has 104 valence electrons. The second-order valence-corrected chi connectivity index (χ2v) is 4.80. The molecule has 0 aliphatic heterocycles. The molecule has 0 radical (unpaired) electrons. The molecule has 3 aromatic rings. The van der Waals surface area contributed by atoms with E-state index in [0.29, 0.717) is 6.54 Å². The Kier molecular flexibility index (Phi) is 3.43. The number of H-pyrrole nitrogens is 1. The van der Waals surface area contributed by atoms with Gasteiger partial charge in [0.15, 0.2) is 5.76 Å². The van der Waals surface area contributed by atoms with Crippen molar-refractivity contribution in [3.63, 3.8) is 0 Å². The van der Waals surface area contributed by atoms with Crippen molar-refractivity contribution in [3.8, 4) is 11.5 Å². The van der Waals surface area contributed by atoms with Gasteiger partial charge < -0.3 is 14.2 Å². The Morgan fingerprint density at radius 2 is 2.25 bits per heavy atom. The lowest BCUT2D eigenvalue weighted by Gasteiger charge is -2.10. The summed E-state index contributed by atoms with van der Waals surface area (Å²) in [6, 6.07) is 7.89. The van der Waals surface area contributed by atoms with Crippen LogP contribution in [0.5, 0.6) is 0 Å². The van der Waals surface area contributed by atoms with Crippen LogP contribution in [0.2, 0.25) is 0 Å². The Bertz CT molecular complexity index is 667. The third-order valence-corrected chi connectivity index (χ3v) is 3.27. The minimum Gasteiger partial charge on any atom is -0.468 e. The molecule has 0 unspecified atom stereocenters. The number of nitrogens with zero attached hydrogens (tertiary/aromatic N) is 1. The van der Waals surface area contributed by atoms with Crippen LogP contribution >= 0.6 is 0 Å². The largest absolute Gasteiger partial charge is 0.468 e. The Labute approximate surface area is 117 Å². The van der Waals surface area contributed by atoms with Gasteiger partial charge in [0.2, 0.25) is 0 Å². The highest BCUT2D eigenvalue weighted by Crippen LogP contribution is 2.24. The molecule has 0 aromatic carbocycles. The van der Waals surface area contributed by atoms with Gasteiger partial charge in [-0.25, -0.2) is 0 Å². The summed E-state index contributed by atoms with van der Waals surface area (Å²) >= 11 is 0. The van der Waals surface area contributed by atoms with Crippen molar-refractivity contribution in [1.29, 1.82) is 0 Å². The van der Waals surface area contributed by atoms with Gasteiger partial charge in [-0.15, -0.1) is 0 Å². The first-order chi connectivity index (χ1) is 9.74. The first kappa shape index (κ1) is 12.7. The van der Waals surface area contributed by atoms with E-state index in [9.17, 15) is 0 Å². The van der Waals surface area contributed by atoms with E-state index in [0.717, 1.165) is 28.5 Å². The zero-order chi connectivity index (χ0) is 13.9. The highest BCUT2D eigenvalue weighted by Gasteiger charge is 2.13. The second-order valence-electron chi connectivity index (χ2n) is 4.80. The lowest BCUT2D eigenvalue weighted by Crippen LogP contribution is -2.17. The molecule has 0 spiro atoms. The van der Waals surface area contributed by atoms with E-state index in [4.69, 9.17) is 8.83 Å². The number of hydrogen-bond acceptors (Lipinski definition) is 4. The average molecular weight is 271 g/mol. The molecular formula is C15H17N3O2. The summed E-state index contributed by atoms with van der Waals surface area (Å²) in [6.07, 6.45) is 3.50. The van der Waals surface area contributed by atoms with Crippen LogP contribution in [0.15, 0.2) is 45.6 Å². The molecular weight excluding hydrogens is 254 g/mol. The van der Waals surface area contributed by atoms with Crippen molar-refractivity contribution in [2.75, 3.05) is 0 Å². The van der Waals surface area contributed by atoms with Gasteiger partial charge in [0.1, 0.15) is 17.2 Å². The van der Waals surface area contributed by atoms with Crippen LogP contribution in [0.3, 0.4) is 0 Å². The topological polar surface area (TPSA) is 67.0 Å². The van der Waals surface area contributed by atoms with Crippen LogP contribution in [0, 0.1) is 6.92 Å². The first-order valence-electron chi connectivity index (χ1n) is 6.60. The van der Waals surface area contributed by atoms with Crippen LogP contribution in [0.4, 0.5) is 0 Å². The predicted octanol–water partition coefficient (Wildman–Crippen LogP) is 3.42. The van der Waals surface area contributed by atoms with Gasteiger partial charge in [0.25, 0.3) is 0 Å². The summed E-state index contributed by atoms with van der Waals surface area (Å²) in [4.78, 5) is 0. The van der Waals surface area contributed by atoms with Gasteiger partial charge >= 0.3 is 0 Å². The van der Waals surface area contributed by atoms with Crippen molar-refractivity contribution < 1.29 is 8.83 Å². The fourth-order valence-electron chi connectivity index (χ4n) is 2.13. The standard InChI is InChI=1S/C15H17N3O2/c1-10-5-6-14(20-10)15-12(9-17-18-15)8-16-11(2)13-4-3-7-19-13/h3-7,9,11,16H,8H2,1-2H3,(H,17,18)/t11-/m0/s1. The van der Waals surface area contributed by atoms with Gasteiger partial charge in [-0.05, 0) is 38.1 Å². The fraction of sp³-hybridized carbons (Fsp3) is 0.267. The molecule has 3 heterocycles. The first-order valence-corrected chi connectivity index (χ1v) is 6.60. The van der Waals surface area contributed by atoms with Crippen LogP contribution in [0.1, 0.15) is 30.0 Å². The number of furan rings is 2. The molecule has 5 nitrogen and oxygen atoms in total. The van der Waals surface area contributed by atoms with Crippen molar-refractivity contribution in [1.82, 2.24) is 15.5 Å². The smallest absolute Gasteiger partial charge is 0.152 e. The molecule has 3 aromatic heterocycles. The van der Waals surface area contributed by atoms with Crippen LogP contribution in [-0.2, 0) is 6.54 Å². The lowest BCUT2D eigenvalue weighted by atomic mass is 10.2. The summed E-state index contributed by atoms with van der Waals surface area (Å²) in [5.74, 6) is 2.61. The van der Waals surface area contributed by atoms with Crippen molar-refractivity contribution >= 4 is 0 Å². The normalized spacial score (nSPS) is 12.7. The number of aromatic amines is 1. The molecule has 0 amide bonds. The van der Waals surface area contributed by atoms with Gasteiger partial charge in [-0.3, -0.25) is 5.10 Å². The summed E-state index contributed by atoms with van der Waals surface area (Å²) in [5, 5.41) is 10.5. The zero-order valence-electron chi connectivity index (χ0n) is 11.5. The molecule has 20 heavy (non-hydrogen) atoms. The van der Waals surface area contributed by atoms with Gasteiger partial charge in [-0.2, -0.15) is 5.10 Å². The zero-order valence-corrected chi connectivity index (χ0v) is 11.5. The van der Waals surface area contributed by atoms with E-state index in [1.807, 2.05) is 37.4 Å². The number of aromatic nitrogens is 2. The molecule has 0 saturated heterocycles. The molecule has 0 aliphatic rings. The molecule has 5 heteroatoms. The highest BCUT2D eigenvalue weighted by molar-refractivity contribution is 5.56. The van der Waals surface area contributed by atoms with E-state index in [1.54, 1.807) is 6.26 Å². The van der Waals surface area contributed by atoms with Gasteiger partial charge in [0.05, 0.1) is 18.5 Å². The minimum absolute atomic E-state index is 0.145. The summed E-state index contributed by atoms with van der Waals surface area (Å²) < 4.78 is 11.0. The predicted molar refractivity (Wildman–Crippen MR) is 75.0 cm³/mol. The quantitative estimate of drug-likeness (QED) is 0.746. The maximum absolute atomic E-state index is 5.63. The van der Waals surface area contributed by atoms with Crippen molar-refractivity contribution in [2.45, 2.75) is 26.4 Å². The Morgan fingerprint density at radius 3 is 2.95 bits per heavy atom. The minimum atomic E-state index is 0.145. The number of rotatable bonds is 5. The van der Waals surface area contributed by atoms with Crippen LogP contribution < -0.4 is 5.32 Å². The number of aryl methyl sites for hydroxylation is 1. The van der Waals surface area contributed by atoms with E-state index >= 15 is 0 Å². The van der Waals surface area contributed by atoms with Gasteiger partial charge in [-0.1, -0.05) is 0 Å². The van der Waals surface area contributed by atoms with Crippen molar-refractivity contribution in [3.05, 3.63) is 53.8 Å². The van der Waals surface area contributed by atoms with Gasteiger partial charge in [0, 0.05) is 12.1 Å². The summed E-state index contributed by atoms with van der Waals surface area (Å²) in [7, 11) is 0. The van der Waals surface area contributed by atoms with Crippen molar-refractivity contribution in [2.24, 2.45) is 0 Å². The monoisotopic (exact) mass is 271 g/mol. The molecule has 0 bridgehead atoms. The number of nitrogens with one attached hydrogen (secondary N) is 2. The third kappa shape index (κ3) is 2.53. The summed E-state index contributed by atoms with van der Waals surface area (Å²) in [6.45, 7) is 4.68. The molecule has 2 N–H and O–H groups in total. The maximum atomic E-state index is 5.63. The second kappa shape index (κ2) is 5.38. The molecule has 3 rings (SSSR count). The van der Waals surface area contributed by atoms with E-state index in [2.05, 4.69) is 22.4 Å².